The van der Waals surface area contributed by atoms with Gasteiger partial charge in [-0.3, -0.25) is 0 Å². The molecule has 2 rings (SSSR count). The van der Waals surface area contributed by atoms with E-state index in [0.717, 1.165) is 5.56 Å². The summed E-state index contributed by atoms with van der Waals surface area (Å²) >= 11 is 11.8. The van der Waals surface area contributed by atoms with Crippen LogP contribution in [0.1, 0.15) is 26.3 Å². The van der Waals surface area contributed by atoms with Gasteiger partial charge in [-0.1, -0.05) is 23.2 Å². The minimum Gasteiger partial charge on any atom is -0.424 e. The van der Waals surface area contributed by atoms with Crippen LogP contribution in [0, 0.1) is 0 Å². The fourth-order valence-electron chi connectivity index (χ4n) is 1.50. The summed E-state index contributed by atoms with van der Waals surface area (Å²) in [6.45, 7) is 7.03. The van der Waals surface area contributed by atoms with E-state index < -0.39 is 0 Å². The third-order valence-electron chi connectivity index (χ3n) is 2.60. The van der Waals surface area contributed by atoms with Crippen molar-refractivity contribution in [2.75, 3.05) is 0 Å². The predicted octanol–water partition coefficient (Wildman–Crippen LogP) is 4.46. The first-order chi connectivity index (χ1) is 9.83. The molecule has 1 N–H and O–H groups in total. The smallest absolute Gasteiger partial charge is 0.321 e. The molecule has 0 radical (unpaired) electrons. The Labute approximate surface area is 134 Å². The standard InChI is InChI=1S/C15H17Cl2N3O/c1-15(2,3)20-9-10-7-18-14(19-8-10)21-11-4-5-12(16)13(17)6-11/h4-8,20H,9H2,1-3H3. The number of benzene rings is 1. The van der Waals surface area contributed by atoms with Crippen molar-refractivity contribution in [2.24, 2.45) is 0 Å². The second-order valence-corrected chi connectivity index (χ2v) is 6.47. The Hall–Kier alpha value is -1.36. The van der Waals surface area contributed by atoms with Gasteiger partial charge >= 0.3 is 6.01 Å². The van der Waals surface area contributed by atoms with Gasteiger partial charge in [0, 0.05) is 36.1 Å². The summed E-state index contributed by atoms with van der Waals surface area (Å²) in [4.78, 5) is 8.35. The molecule has 6 heteroatoms. The fraction of sp³-hybridized carbons (Fsp3) is 0.333. The highest BCUT2D eigenvalue weighted by atomic mass is 35.5. The summed E-state index contributed by atoms with van der Waals surface area (Å²) in [6.07, 6.45) is 3.47. The molecule has 0 aliphatic carbocycles. The van der Waals surface area contributed by atoms with Crippen LogP contribution < -0.4 is 10.1 Å². The first-order valence-electron chi connectivity index (χ1n) is 6.52. The molecule has 1 heterocycles. The van der Waals surface area contributed by atoms with Gasteiger partial charge in [0.05, 0.1) is 10.0 Å². The first kappa shape index (κ1) is 16.0. The lowest BCUT2D eigenvalue weighted by Crippen LogP contribution is -2.35. The SMILES string of the molecule is CC(C)(C)NCc1cnc(Oc2ccc(Cl)c(Cl)c2)nc1. The molecule has 0 bridgehead atoms. The molecule has 0 aliphatic heterocycles. The highest BCUT2D eigenvalue weighted by Crippen LogP contribution is 2.28. The Balaban J connectivity index is 2.00. The zero-order valence-electron chi connectivity index (χ0n) is 12.2. The minimum atomic E-state index is 0.0508. The maximum absolute atomic E-state index is 5.93. The Morgan fingerprint density at radius 1 is 1.10 bits per heavy atom. The van der Waals surface area contributed by atoms with Crippen LogP contribution in [0.3, 0.4) is 0 Å². The van der Waals surface area contributed by atoms with Crippen molar-refractivity contribution in [3.8, 4) is 11.8 Å². The number of hydrogen-bond donors (Lipinski definition) is 1. The van der Waals surface area contributed by atoms with E-state index in [1.165, 1.54) is 0 Å². The quantitative estimate of drug-likeness (QED) is 0.901. The van der Waals surface area contributed by atoms with Gasteiger partial charge in [0.25, 0.3) is 0 Å². The van der Waals surface area contributed by atoms with E-state index in [4.69, 9.17) is 27.9 Å². The van der Waals surface area contributed by atoms with E-state index in [1.807, 2.05) is 0 Å². The molecule has 0 saturated heterocycles. The van der Waals surface area contributed by atoms with Crippen molar-refractivity contribution in [1.82, 2.24) is 15.3 Å². The number of hydrogen-bond acceptors (Lipinski definition) is 4. The molecule has 0 spiro atoms. The molecule has 0 aliphatic rings. The van der Waals surface area contributed by atoms with Crippen molar-refractivity contribution in [1.29, 1.82) is 0 Å². The molecule has 0 saturated carbocycles. The van der Waals surface area contributed by atoms with E-state index in [9.17, 15) is 0 Å². The molecule has 0 fully saturated rings. The van der Waals surface area contributed by atoms with Crippen molar-refractivity contribution >= 4 is 23.2 Å². The molecule has 0 amide bonds. The number of nitrogens with one attached hydrogen (secondary N) is 1. The highest BCUT2D eigenvalue weighted by Gasteiger charge is 2.09. The van der Waals surface area contributed by atoms with E-state index in [-0.39, 0.29) is 11.5 Å². The van der Waals surface area contributed by atoms with Crippen LogP contribution in [0.5, 0.6) is 11.8 Å². The Bertz CT molecular complexity index is 609. The topological polar surface area (TPSA) is 47.0 Å². The summed E-state index contributed by atoms with van der Waals surface area (Å²) in [6, 6.07) is 5.28. The van der Waals surface area contributed by atoms with Crippen molar-refractivity contribution in [2.45, 2.75) is 32.9 Å². The van der Waals surface area contributed by atoms with Crippen molar-refractivity contribution < 1.29 is 4.74 Å². The molecule has 2 aromatic rings. The Kier molecular flexibility index (Phi) is 5.04. The molecule has 21 heavy (non-hydrogen) atoms. The Morgan fingerprint density at radius 2 is 1.76 bits per heavy atom. The molecule has 112 valence electrons. The highest BCUT2D eigenvalue weighted by molar-refractivity contribution is 6.42. The van der Waals surface area contributed by atoms with E-state index in [1.54, 1.807) is 30.6 Å². The van der Waals surface area contributed by atoms with Crippen LogP contribution in [0.4, 0.5) is 0 Å². The van der Waals surface area contributed by atoms with Gasteiger partial charge in [0.15, 0.2) is 0 Å². The van der Waals surface area contributed by atoms with Crippen molar-refractivity contribution in [3.63, 3.8) is 0 Å². The molecular formula is C15H17Cl2N3O. The van der Waals surface area contributed by atoms with Crippen molar-refractivity contribution in [3.05, 3.63) is 46.2 Å². The zero-order valence-corrected chi connectivity index (χ0v) is 13.7. The summed E-state index contributed by atoms with van der Waals surface area (Å²) in [5.74, 6) is 0.546. The molecule has 1 aromatic heterocycles. The normalized spacial score (nSPS) is 11.5. The number of halogens is 2. The van der Waals surface area contributed by atoms with E-state index in [2.05, 4.69) is 36.1 Å². The summed E-state index contributed by atoms with van der Waals surface area (Å²) in [5.41, 5.74) is 1.04. The lowest BCUT2D eigenvalue weighted by molar-refractivity contribution is 0.420. The summed E-state index contributed by atoms with van der Waals surface area (Å²) in [7, 11) is 0. The summed E-state index contributed by atoms with van der Waals surface area (Å²) in [5, 5.41) is 4.28. The second kappa shape index (κ2) is 6.60. The van der Waals surface area contributed by atoms with Crippen LogP contribution in [-0.2, 0) is 6.54 Å². The third-order valence-corrected chi connectivity index (χ3v) is 3.34. The van der Waals surface area contributed by atoms with Gasteiger partial charge in [-0.15, -0.1) is 0 Å². The molecule has 0 unspecified atom stereocenters. The lowest BCUT2D eigenvalue weighted by Gasteiger charge is -2.20. The molecule has 0 atom stereocenters. The average molecular weight is 326 g/mol. The third kappa shape index (κ3) is 5.16. The largest absolute Gasteiger partial charge is 0.424 e. The van der Waals surface area contributed by atoms with Crippen LogP contribution in [0.2, 0.25) is 10.0 Å². The first-order valence-corrected chi connectivity index (χ1v) is 7.28. The predicted molar refractivity (Wildman–Crippen MR) is 85.2 cm³/mol. The van der Waals surface area contributed by atoms with Crippen LogP contribution >= 0.6 is 23.2 Å². The molecule has 4 nitrogen and oxygen atoms in total. The van der Waals surface area contributed by atoms with Crippen LogP contribution in [0.25, 0.3) is 0 Å². The second-order valence-electron chi connectivity index (χ2n) is 5.66. The lowest BCUT2D eigenvalue weighted by atomic mass is 10.1. The monoisotopic (exact) mass is 325 g/mol. The average Bonchev–Trinajstić information content (AvgIpc) is 2.41. The van der Waals surface area contributed by atoms with Gasteiger partial charge in [0.2, 0.25) is 0 Å². The number of ether oxygens (including phenoxy) is 1. The van der Waals surface area contributed by atoms with Gasteiger partial charge in [-0.25, -0.2) is 9.97 Å². The number of aromatic nitrogens is 2. The fourth-order valence-corrected chi connectivity index (χ4v) is 1.79. The van der Waals surface area contributed by atoms with Gasteiger partial charge in [0.1, 0.15) is 5.75 Å². The molecule has 1 aromatic carbocycles. The molecular weight excluding hydrogens is 309 g/mol. The van der Waals surface area contributed by atoms with Gasteiger partial charge in [-0.2, -0.15) is 0 Å². The summed E-state index contributed by atoms with van der Waals surface area (Å²) < 4.78 is 5.53. The number of rotatable bonds is 4. The van der Waals surface area contributed by atoms with Crippen LogP contribution in [-0.4, -0.2) is 15.5 Å². The Morgan fingerprint density at radius 3 is 2.33 bits per heavy atom. The van der Waals surface area contributed by atoms with Gasteiger partial charge < -0.3 is 10.1 Å². The van der Waals surface area contributed by atoms with E-state index >= 15 is 0 Å². The maximum atomic E-state index is 5.93. The maximum Gasteiger partial charge on any atom is 0.321 e. The van der Waals surface area contributed by atoms with Gasteiger partial charge in [-0.05, 0) is 32.9 Å². The minimum absolute atomic E-state index is 0.0508. The van der Waals surface area contributed by atoms with Crippen LogP contribution in [0.15, 0.2) is 30.6 Å². The zero-order chi connectivity index (χ0) is 15.5. The number of nitrogens with zero attached hydrogens (tertiary/aromatic N) is 2. The van der Waals surface area contributed by atoms with E-state index in [0.29, 0.717) is 22.3 Å².